The number of ether oxygens (including phenoxy) is 1. The van der Waals surface area contributed by atoms with E-state index in [0.717, 1.165) is 26.3 Å². The normalized spacial score (nSPS) is 18.4. The van der Waals surface area contributed by atoms with Gasteiger partial charge in [-0.25, -0.2) is 0 Å². The fraction of sp³-hybridized carbons (Fsp3) is 0.615. The van der Waals surface area contributed by atoms with E-state index in [9.17, 15) is 0 Å². The molecule has 3 rings (SSSR count). The lowest BCUT2D eigenvalue weighted by atomic mass is 10.4. The molecule has 0 aliphatic carbocycles. The third-order valence-electron chi connectivity index (χ3n) is 2.37. The van der Waals surface area contributed by atoms with Crippen molar-refractivity contribution in [3.8, 4) is 0 Å². The Morgan fingerprint density at radius 1 is 0.765 bits per heavy atom. The number of nitrogens with one attached hydrogen (secondary N) is 2. The second-order valence-electron chi connectivity index (χ2n) is 3.84. The molecule has 0 saturated carbocycles. The highest BCUT2D eigenvalue weighted by Crippen LogP contribution is 1.90. The predicted octanol–water partition coefficient (Wildman–Crippen LogP) is 1.06. The van der Waals surface area contributed by atoms with Crippen molar-refractivity contribution in [3.63, 3.8) is 0 Å². The Morgan fingerprint density at radius 2 is 1.35 bits per heavy atom. The van der Waals surface area contributed by atoms with Crippen molar-refractivity contribution in [2.75, 3.05) is 39.4 Å². The van der Waals surface area contributed by atoms with Gasteiger partial charge in [0.2, 0.25) is 0 Å². The molecule has 2 aliphatic rings. The van der Waals surface area contributed by atoms with Gasteiger partial charge in [-0.05, 0) is 38.1 Å². The summed E-state index contributed by atoms with van der Waals surface area (Å²) >= 11 is 0. The highest BCUT2D eigenvalue weighted by molar-refractivity contribution is 4.88. The van der Waals surface area contributed by atoms with Gasteiger partial charge in [0.05, 0.1) is 13.2 Å². The van der Waals surface area contributed by atoms with E-state index in [2.05, 4.69) is 15.6 Å². The molecule has 0 bridgehead atoms. The number of pyridine rings is 1. The highest BCUT2D eigenvalue weighted by Gasteiger charge is 1.93. The molecule has 96 valence electrons. The minimum atomic E-state index is 0.889. The van der Waals surface area contributed by atoms with Crippen LogP contribution in [0.1, 0.15) is 12.8 Å². The van der Waals surface area contributed by atoms with E-state index in [-0.39, 0.29) is 0 Å². The fourth-order valence-electron chi connectivity index (χ4n) is 1.45. The van der Waals surface area contributed by atoms with Crippen LogP contribution in [0.3, 0.4) is 0 Å². The minimum Gasteiger partial charge on any atom is -0.379 e. The van der Waals surface area contributed by atoms with Crippen LogP contribution in [0.25, 0.3) is 0 Å². The number of rotatable bonds is 0. The van der Waals surface area contributed by atoms with Crippen LogP contribution in [0.5, 0.6) is 0 Å². The number of hydrogen-bond donors (Lipinski definition) is 2. The van der Waals surface area contributed by atoms with Gasteiger partial charge in [0.1, 0.15) is 0 Å². The zero-order valence-electron chi connectivity index (χ0n) is 10.4. The Labute approximate surface area is 104 Å². The fourth-order valence-corrected chi connectivity index (χ4v) is 1.45. The third-order valence-corrected chi connectivity index (χ3v) is 2.37. The Morgan fingerprint density at radius 3 is 1.53 bits per heavy atom. The second-order valence-corrected chi connectivity index (χ2v) is 3.84. The van der Waals surface area contributed by atoms with Gasteiger partial charge < -0.3 is 15.4 Å². The number of hydrogen-bond acceptors (Lipinski definition) is 4. The summed E-state index contributed by atoms with van der Waals surface area (Å²) < 4.78 is 5.01. The topological polar surface area (TPSA) is 46.2 Å². The number of aromatic nitrogens is 1. The van der Waals surface area contributed by atoms with E-state index in [1.807, 2.05) is 18.2 Å². The molecule has 0 amide bonds. The first-order valence-electron chi connectivity index (χ1n) is 6.34. The monoisotopic (exact) mass is 237 g/mol. The quantitative estimate of drug-likeness (QED) is 0.708. The van der Waals surface area contributed by atoms with Gasteiger partial charge in [-0.3, -0.25) is 4.98 Å². The minimum absolute atomic E-state index is 0.889. The van der Waals surface area contributed by atoms with Crippen LogP contribution < -0.4 is 10.6 Å². The van der Waals surface area contributed by atoms with Crippen LogP contribution in [0, 0.1) is 0 Å². The first-order valence-corrected chi connectivity index (χ1v) is 6.34. The zero-order valence-corrected chi connectivity index (χ0v) is 10.4. The summed E-state index contributed by atoms with van der Waals surface area (Å²) in [6.45, 7) is 6.33. The molecule has 2 N–H and O–H groups in total. The van der Waals surface area contributed by atoms with Crippen LogP contribution in [0.15, 0.2) is 30.6 Å². The molecule has 1 aromatic heterocycles. The lowest BCUT2D eigenvalue weighted by molar-refractivity contribution is 0.109. The molecule has 2 fully saturated rings. The molecule has 4 nitrogen and oxygen atoms in total. The maximum Gasteiger partial charge on any atom is 0.0591 e. The first-order chi connectivity index (χ1) is 8.50. The molecular weight excluding hydrogens is 214 g/mol. The lowest BCUT2D eigenvalue weighted by Crippen LogP contribution is -2.30. The van der Waals surface area contributed by atoms with E-state index in [4.69, 9.17) is 4.74 Å². The summed E-state index contributed by atoms with van der Waals surface area (Å²) in [7, 11) is 0. The molecule has 4 heteroatoms. The molecule has 0 aromatic carbocycles. The summed E-state index contributed by atoms with van der Waals surface area (Å²) in [6, 6.07) is 5.72. The largest absolute Gasteiger partial charge is 0.379 e. The van der Waals surface area contributed by atoms with Crippen LogP contribution in [-0.4, -0.2) is 44.4 Å². The molecule has 2 saturated heterocycles. The van der Waals surface area contributed by atoms with Crippen molar-refractivity contribution in [1.82, 2.24) is 15.6 Å². The van der Waals surface area contributed by atoms with E-state index < -0.39 is 0 Å². The molecule has 2 aliphatic heterocycles. The zero-order chi connectivity index (χ0) is 12.0. The van der Waals surface area contributed by atoms with Crippen LogP contribution in [0.2, 0.25) is 0 Å². The predicted molar refractivity (Wildman–Crippen MR) is 70.0 cm³/mol. The SMILES string of the molecule is C1CCNC1.C1COCCN1.c1ccncc1. The van der Waals surface area contributed by atoms with Crippen LogP contribution in [0.4, 0.5) is 0 Å². The average Bonchev–Trinajstić information content (AvgIpc) is 3.03. The summed E-state index contributed by atoms with van der Waals surface area (Å²) in [5.41, 5.74) is 0. The Hall–Kier alpha value is -0.970. The maximum atomic E-state index is 5.01. The van der Waals surface area contributed by atoms with E-state index in [0.29, 0.717) is 0 Å². The average molecular weight is 237 g/mol. The number of morpholine rings is 1. The molecule has 1 aromatic rings. The smallest absolute Gasteiger partial charge is 0.0591 e. The Kier molecular flexibility index (Phi) is 9.54. The highest BCUT2D eigenvalue weighted by atomic mass is 16.5. The molecule has 0 atom stereocenters. The van der Waals surface area contributed by atoms with Crippen molar-refractivity contribution in [1.29, 1.82) is 0 Å². The molecule has 0 spiro atoms. The van der Waals surface area contributed by atoms with E-state index >= 15 is 0 Å². The molecule has 0 unspecified atom stereocenters. The first kappa shape index (κ1) is 14.1. The maximum absolute atomic E-state index is 5.01. The van der Waals surface area contributed by atoms with Gasteiger partial charge in [-0.1, -0.05) is 6.07 Å². The van der Waals surface area contributed by atoms with Crippen LogP contribution >= 0.6 is 0 Å². The van der Waals surface area contributed by atoms with Crippen LogP contribution in [-0.2, 0) is 4.74 Å². The molecular formula is C13H23N3O. The van der Waals surface area contributed by atoms with Gasteiger partial charge in [0.25, 0.3) is 0 Å². The lowest BCUT2D eigenvalue weighted by Gasteiger charge is -2.10. The second kappa shape index (κ2) is 11.5. The van der Waals surface area contributed by atoms with Gasteiger partial charge in [-0.2, -0.15) is 0 Å². The van der Waals surface area contributed by atoms with Crippen molar-refractivity contribution >= 4 is 0 Å². The van der Waals surface area contributed by atoms with E-state index in [1.54, 1.807) is 12.4 Å². The van der Waals surface area contributed by atoms with Crippen molar-refractivity contribution in [3.05, 3.63) is 30.6 Å². The standard InChI is InChI=1S/C5H5N.C4H9NO.C4H9N/c1-2-4-6-5-3-1;1-3-6-4-2-5-1;1-2-4-5-3-1/h1-5H;5H,1-4H2;5H,1-4H2. The van der Waals surface area contributed by atoms with Crippen molar-refractivity contribution < 1.29 is 4.74 Å². The molecule has 3 heterocycles. The molecule has 0 radical (unpaired) electrons. The van der Waals surface area contributed by atoms with Gasteiger partial charge in [0.15, 0.2) is 0 Å². The molecule has 17 heavy (non-hydrogen) atoms. The van der Waals surface area contributed by atoms with Gasteiger partial charge in [-0.15, -0.1) is 0 Å². The number of nitrogens with zero attached hydrogens (tertiary/aromatic N) is 1. The summed E-state index contributed by atoms with van der Waals surface area (Å²) in [5.74, 6) is 0. The van der Waals surface area contributed by atoms with Gasteiger partial charge >= 0.3 is 0 Å². The Balaban J connectivity index is 0.000000128. The Bertz CT molecular complexity index is 190. The summed E-state index contributed by atoms with van der Waals surface area (Å²) in [6.07, 6.45) is 6.28. The van der Waals surface area contributed by atoms with Crippen molar-refractivity contribution in [2.45, 2.75) is 12.8 Å². The van der Waals surface area contributed by atoms with E-state index in [1.165, 1.54) is 25.9 Å². The summed E-state index contributed by atoms with van der Waals surface area (Å²) in [4.78, 5) is 3.78. The summed E-state index contributed by atoms with van der Waals surface area (Å²) in [5, 5.41) is 6.38. The van der Waals surface area contributed by atoms with Crippen molar-refractivity contribution in [2.24, 2.45) is 0 Å². The third kappa shape index (κ3) is 9.93. The van der Waals surface area contributed by atoms with Gasteiger partial charge in [0, 0.05) is 25.5 Å².